The number of hydrogen-bond acceptors (Lipinski definition) is 5. The number of esters is 2. The van der Waals surface area contributed by atoms with Gasteiger partial charge in [0, 0.05) is 17.4 Å². The van der Waals surface area contributed by atoms with Gasteiger partial charge in [-0.05, 0) is 46.1 Å². The molecule has 2 amide bonds. The molecule has 8 nitrogen and oxygen atoms in total. The fourth-order valence-corrected chi connectivity index (χ4v) is 3.67. The van der Waals surface area contributed by atoms with Gasteiger partial charge in [0.15, 0.2) is 0 Å². The molecule has 1 aliphatic heterocycles. The number of aromatic nitrogens is 1. The number of urea groups is 1. The van der Waals surface area contributed by atoms with E-state index in [2.05, 4.69) is 15.2 Å². The molecular weight excluding hydrogens is 362 g/mol. The fraction of sp³-hybridized carbons (Fsp3) is 0.550. The quantitative estimate of drug-likeness (QED) is 0.698. The third-order valence-electron chi connectivity index (χ3n) is 5.11. The highest BCUT2D eigenvalue weighted by Crippen LogP contribution is 2.38. The number of nitrogens with one attached hydrogen (secondary N) is 2. The number of rotatable bonds is 7. The molecule has 0 unspecified atom stereocenters. The minimum atomic E-state index is -0.528. The summed E-state index contributed by atoms with van der Waals surface area (Å²) in [6.45, 7) is 7.46. The fourth-order valence-electron chi connectivity index (χ4n) is 3.67. The highest BCUT2D eigenvalue weighted by atomic mass is 16.5. The second-order valence-corrected chi connectivity index (χ2v) is 7.13. The maximum atomic E-state index is 12.6. The van der Waals surface area contributed by atoms with Crippen molar-refractivity contribution in [2.24, 2.45) is 0 Å². The highest BCUT2D eigenvalue weighted by Gasteiger charge is 2.33. The number of nitrogens with zero attached hydrogens (tertiary/aromatic N) is 1. The van der Waals surface area contributed by atoms with Crippen molar-refractivity contribution in [1.29, 1.82) is 0 Å². The van der Waals surface area contributed by atoms with Crippen molar-refractivity contribution in [3.8, 4) is 0 Å². The van der Waals surface area contributed by atoms with E-state index in [9.17, 15) is 14.4 Å². The van der Waals surface area contributed by atoms with E-state index in [-0.39, 0.29) is 18.9 Å². The molecule has 3 rings (SSSR count). The standard InChI is InChI=1S/C20H27N3O5/c1-5-15-17(19(25)27-6-2)16(22-20(26)21-15)10-28-18(24)14-9-11(3)23(12(14)4)13-7-8-13/h9,13,15H,5-8,10H2,1-4H3,(H2,21,22,26)/t15-/m1/s1. The molecule has 1 atom stereocenters. The summed E-state index contributed by atoms with van der Waals surface area (Å²) in [4.78, 5) is 36.9. The van der Waals surface area contributed by atoms with E-state index in [0.717, 1.165) is 24.2 Å². The van der Waals surface area contributed by atoms with E-state index in [1.54, 1.807) is 6.92 Å². The van der Waals surface area contributed by atoms with E-state index in [0.29, 0.717) is 23.6 Å². The Balaban J connectivity index is 1.80. The molecule has 1 aromatic heterocycles. The highest BCUT2D eigenvalue weighted by molar-refractivity contribution is 5.95. The molecular formula is C20H27N3O5. The predicted molar refractivity (Wildman–Crippen MR) is 102 cm³/mol. The molecule has 2 heterocycles. The molecule has 2 aliphatic rings. The molecule has 0 saturated heterocycles. The van der Waals surface area contributed by atoms with Gasteiger partial charge in [-0.3, -0.25) is 0 Å². The monoisotopic (exact) mass is 389 g/mol. The molecule has 28 heavy (non-hydrogen) atoms. The van der Waals surface area contributed by atoms with Crippen LogP contribution in [-0.4, -0.2) is 41.8 Å². The number of amides is 2. The maximum Gasteiger partial charge on any atom is 0.340 e. The van der Waals surface area contributed by atoms with Crippen LogP contribution in [0.25, 0.3) is 0 Å². The van der Waals surface area contributed by atoms with Crippen molar-refractivity contribution >= 4 is 18.0 Å². The van der Waals surface area contributed by atoms with Crippen molar-refractivity contribution in [2.45, 2.75) is 59.0 Å². The molecule has 1 saturated carbocycles. The van der Waals surface area contributed by atoms with Crippen LogP contribution in [0.3, 0.4) is 0 Å². The second kappa shape index (κ2) is 8.08. The minimum Gasteiger partial charge on any atom is -0.463 e. The first-order valence-corrected chi connectivity index (χ1v) is 9.70. The van der Waals surface area contributed by atoms with Crippen LogP contribution < -0.4 is 10.6 Å². The third kappa shape index (κ3) is 3.90. The first kappa shape index (κ1) is 20.0. The Kier molecular flexibility index (Phi) is 5.76. The molecule has 0 radical (unpaired) electrons. The molecule has 8 heteroatoms. The van der Waals surface area contributed by atoms with Crippen molar-refractivity contribution in [2.75, 3.05) is 13.2 Å². The van der Waals surface area contributed by atoms with Crippen LogP contribution in [0.15, 0.2) is 17.3 Å². The number of hydrogen-bond donors (Lipinski definition) is 2. The van der Waals surface area contributed by atoms with Crippen LogP contribution in [0.5, 0.6) is 0 Å². The third-order valence-corrected chi connectivity index (χ3v) is 5.11. The van der Waals surface area contributed by atoms with Crippen molar-refractivity contribution in [3.05, 3.63) is 34.3 Å². The summed E-state index contributed by atoms with van der Waals surface area (Å²) in [6.07, 6.45) is 2.76. The SMILES string of the molecule is CCOC(=O)C1=C(COC(=O)c2cc(C)n(C3CC3)c2C)NC(=O)N[C@@H]1CC. The van der Waals surface area contributed by atoms with E-state index in [1.807, 2.05) is 26.8 Å². The van der Waals surface area contributed by atoms with E-state index in [1.165, 1.54) is 0 Å². The predicted octanol–water partition coefficient (Wildman–Crippen LogP) is 2.51. The van der Waals surface area contributed by atoms with Gasteiger partial charge in [0.05, 0.1) is 29.5 Å². The number of aryl methyl sites for hydroxylation is 1. The molecule has 1 aromatic rings. The van der Waals surface area contributed by atoms with Gasteiger partial charge in [-0.15, -0.1) is 0 Å². The lowest BCUT2D eigenvalue weighted by Gasteiger charge is -2.28. The summed E-state index contributed by atoms with van der Waals surface area (Å²) in [5.41, 5.74) is 2.97. The Morgan fingerprint density at radius 3 is 2.50 bits per heavy atom. The largest absolute Gasteiger partial charge is 0.463 e. The number of carbonyl (C=O) groups is 3. The first-order valence-electron chi connectivity index (χ1n) is 9.70. The topological polar surface area (TPSA) is 98.7 Å². The zero-order valence-corrected chi connectivity index (χ0v) is 16.8. The second-order valence-electron chi connectivity index (χ2n) is 7.13. The van der Waals surface area contributed by atoms with Crippen LogP contribution in [0.2, 0.25) is 0 Å². The maximum absolute atomic E-state index is 12.6. The smallest absolute Gasteiger partial charge is 0.340 e. The molecule has 1 aliphatic carbocycles. The Morgan fingerprint density at radius 2 is 1.89 bits per heavy atom. The van der Waals surface area contributed by atoms with Gasteiger partial charge in [0.2, 0.25) is 0 Å². The normalized spacial score (nSPS) is 19.1. The van der Waals surface area contributed by atoms with Crippen LogP contribution >= 0.6 is 0 Å². The van der Waals surface area contributed by atoms with Gasteiger partial charge in [0.25, 0.3) is 0 Å². The average molecular weight is 389 g/mol. The zero-order chi connectivity index (χ0) is 20.4. The lowest BCUT2D eigenvalue weighted by Crippen LogP contribution is -2.51. The molecule has 2 N–H and O–H groups in total. The zero-order valence-electron chi connectivity index (χ0n) is 16.8. The minimum absolute atomic E-state index is 0.204. The Labute approximate surface area is 164 Å². The molecule has 152 valence electrons. The lowest BCUT2D eigenvalue weighted by atomic mass is 10.0. The van der Waals surface area contributed by atoms with Gasteiger partial charge < -0.3 is 24.7 Å². The van der Waals surface area contributed by atoms with Gasteiger partial charge in [-0.2, -0.15) is 0 Å². The average Bonchev–Trinajstić information content (AvgIpc) is 3.43. The first-order chi connectivity index (χ1) is 13.4. The summed E-state index contributed by atoms with van der Waals surface area (Å²) in [7, 11) is 0. The molecule has 0 bridgehead atoms. The van der Waals surface area contributed by atoms with Gasteiger partial charge in [-0.1, -0.05) is 6.92 Å². The summed E-state index contributed by atoms with van der Waals surface area (Å²) < 4.78 is 12.7. The Hall–Kier alpha value is -2.77. The van der Waals surface area contributed by atoms with Gasteiger partial charge >= 0.3 is 18.0 Å². The summed E-state index contributed by atoms with van der Waals surface area (Å²) in [5.74, 6) is -1.00. The number of carbonyl (C=O) groups excluding carboxylic acids is 3. The van der Waals surface area contributed by atoms with Gasteiger partial charge in [0.1, 0.15) is 6.61 Å². The summed E-state index contributed by atoms with van der Waals surface area (Å²) >= 11 is 0. The molecule has 0 aromatic carbocycles. The van der Waals surface area contributed by atoms with Crippen LogP contribution in [-0.2, 0) is 14.3 Å². The van der Waals surface area contributed by atoms with E-state index < -0.39 is 24.0 Å². The summed E-state index contributed by atoms with van der Waals surface area (Å²) in [6, 6.07) is 1.37. The van der Waals surface area contributed by atoms with Crippen LogP contribution in [0, 0.1) is 13.8 Å². The molecule has 0 spiro atoms. The van der Waals surface area contributed by atoms with Crippen LogP contribution in [0.1, 0.15) is 60.9 Å². The van der Waals surface area contributed by atoms with Crippen molar-refractivity contribution in [1.82, 2.24) is 15.2 Å². The van der Waals surface area contributed by atoms with E-state index >= 15 is 0 Å². The lowest BCUT2D eigenvalue weighted by molar-refractivity contribution is -0.139. The van der Waals surface area contributed by atoms with Crippen molar-refractivity contribution < 1.29 is 23.9 Å². The van der Waals surface area contributed by atoms with Crippen molar-refractivity contribution in [3.63, 3.8) is 0 Å². The van der Waals surface area contributed by atoms with E-state index in [4.69, 9.17) is 9.47 Å². The Morgan fingerprint density at radius 1 is 1.18 bits per heavy atom. The number of ether oxygens (including phenoxy) is 2. The Bertz CT molecular complexity index is 835. The van der Waals surface area contributed by atoms with Crippen LogP contribution in [0.4, 0.5) is 4.79 Å². The summed E-state index contributed by atoms with van der Waals surface area (Å²) in [5, 5.41) is 5.27. The van der Waals surface area contributed by atoms with Gasteiger partial charge in [-0.25, -0.2) is 14.4 Å². The molecule has 1 fully saturated rings.